The minimum atomic E-state index is 0.909. The van der Waals surface area contributed by atoms with Crippen LogP contribution in [0.3, 0.4) is 0 Å². The lowest BCUT2D eigenvalue weighted by atomic mass is 9.96. The number of para-hydroxylation sites is 2. The summed E-state index contributed by atoms with van der Waals surface area (Å²) in [5, 5.41) is 4.76. The highest BCUT2D eigenvalue weighted by Crippen LogP contribution is 2.38. The van der Waals surface area contributed by atoms with E-state index >= 15 is 0 Å². The van der Waals surface area contributed by atoms with Gasteiger partial charge in [0.2, 0.25) is 0 Å². The number of rotatable bonds is 4. The zero-order chi connectivity index (χ0) is 29.0. The summed E-state index contributed by atoms with van der Waals surface area (Å²) in [5.74, 6) is 0. The third kappa shape index (κ3) is 3.96. The van der Waals surface area contributed by atoms with Crippen molar-refractivity contribution in [2.75, 3.05) is 0 Å². The van der Waals surface area contributed by atoms with Crippen molar-refractivity contribution in [3.05, 3.63) is 164 Å². The standard InChI is InChI=1S/C42H27NO/c1-2-10-28(11-3-1)29-12-8-13-30(24-29)31-14-9-15-32(25-31)33-20-22-40-37(26-33)35-16-4-6-18-39(35)43(40)34-21-23-42-38(27-34)36-17-5-7-19-41(36)44-42/h1-27H. The van der Waals surface area contributed by atoms with Crippen molar-refractivity contribution >= 4 is 43.7 Å². The molecule has 9 aromatic rings. The van der Waals surface area contributed by atoms with E-state index in [4.69, 9.17) is 4.42 Å². The maximum Gasteiger partial charge on any atom is 0.135 e. The molecule has 0 N–H and O–H groups in total. The van der Waals surface area contributed by atoms with Crippen LogP contribution in [0.15, 0.2) is 168 Å². The molecule has 0 aliphatic heterocycles. The molecule has 2 heterocycles. The first-order valence-corrected chi connectivity index (χ1v) is 15.0. The van der Waals surface area contributed by atoms with Crippen LogP contribution >= 0.6 is 0 Å². The maximum absolute atomic E-state index is 6.13. The number of aromatic nitrogens is 1. The molecule has 0 spiro atoms. The SMILES string of the molecule is c1ccc(-c2cccc(-c3cccc(-c4ccc5c(c4)c4ccccc4n5-c4ccc5oc6ccccc6c5c4)c3)c2)cc1. The van der Waals surface area contributed by atoms with Gasteiger partial charge >= 0.3 is 0 Å². The average Bonchev–Trinajstić information content (AvgIpc) is 3.64. The Morgan fingerprint density at radius 3 is 1.66 bits per heavy atom. The second kappa shape index (κ2) is 9.86. The molecule has 2 aromatic heterocycles. The number of benzene rings is 7. The van der Waals surface area contributed by atoms with Crippen molar-refractivity contribution in [3.8, 4) is 39.1 Å². The van der Waals surface area contributed by atoms with Gasteiger partial charge in [0.15, 0.2) is 0 Å². The Morgan fingerprint density at radius 1 is 0.318 bits per heavy atom. The van der Waals surface area contributed by atoms with Gasteiger partial charge in [-0.15, -0.1) is 0 Å². The van der Waals surface area contributed by atoms with Gasteiger partial charge in [-0.25, -0.2) is 0 Å². The average molecular weight is 562 g/mol. The fourth-order valence-electron chi connectivity index (χ4n) is 6.67. The minimum Gasteiger partial charge on any atom is -0.456 e. The lowest BCUT2D eigenvalue weighted by molar-refractivity contribution is 0.669. The van der Waals surface area contributed by atoms with E-state index in [9.17, 15) is 0 Å². The smallest absolute Gasteiger partial charge is 0.135 e. The summed E-state index contributed by atoms with van der Waals surface area (Å²) in [5.41, 5.74) is 12.6. The lowest BCUT2D eigenvalue weighted by Gasteiger charge is -2.10. The highest BCUT2D eigenvalue weighted by molar-refractivity contribution is 6.11. The van der Waals surface area contributed by atoms with Crippen LogP contribution in [0.25, 0.3) is 82.8 Å². The Balaban J connectivity index is 1.17. The molecule has 2 nitrogen and oxygen atoms in total. The second-order valence-corrected chi connectivity index (χ2v) is 11.4. The van der Waals surface area contributed by atoms with Crippen molar-refractivity contribution in [2.24, 2.45) is 0 Å². The molecule has 0 saturated heterocycles. The summed E-state index contributed by atoms with van der Waals surface area (Å²) in [6.45, 7) is 0. The van der Waals surface area contributed by atoms with E-state index in [1.54, 1.807) is 0 Å². The fourth-order valence-corrected chi connectivity index (χ4v) is 6.67. The van der Waals surface area contributed by atoms with Crippen LogP contribution in [0.2, 0.25) is 0 Å². The third-order valence-corrected chi connectivity index (χ3v) is 8.79. The van der Waals surface area contributed by atoms with Crippen LogP contribution in [0, 0.1) is 0 Å². The van der Waals surface area contributed by atoms with E-state index in [2.05, 4.69) is 156 Å². The molecule has 0 aliphatic rings. The predicted octanol–water partition coefficient (Wildman–Crippen LogP) is 11.7. The van der Waals surface area contributed by atoms with Gasteiger partial charge in [0.25, 0.3) is 0 Å². The molecule has 206 valence electrons. The molecule has 0 radical (unpaired) electrons. The van der Waals surface area contributed by atoms with Gasteiger partial charge in [-0.05, 0) is 88.0 Å². The van der Waals surface area contributed by atoms with Crippen molar-refractivity contribution < 1.29 is 4.42 Å². The number of furan rings is 1. The molecule has 0 fully saturated rings. The first kappa shape index (κ1) is 24.7. The van der Waals surface area contributed by atoms with Crippen molar-refractivity contribution in [3.63, 3.8) is 0 Å². The Bertz CT molecular complexity index is 2500. The molecular formula is C42H27NO. The highest BCUT2D eigenvalue weighted by Gasteiger charge is 2.15. The van der Waals surface area contributed by atoms with E-state index in [1.165, 1.54) is 55.2 Å². The largest absolute Gasteiger partial charge is 0.456 e. The molecular weight excluding hydrogens is 534 g/mol. The molecule has 0 unspecified atom stereocenters. The van der Waals surface area contributed by atoms with Crippen LogP contribution in [0.5, 0.6) is 0 Å². The Morgan fingerprint density at radius 2 is 0.886 bits per heavy atom. The lowest BCUT2D eigenvalue weighted by Crippen LogP contribution is -1.93. The zero-order valence-electron chi connectivity index (χ0n) is 23.9. The van der Waals surface area contributed by atoms with Crippen molar-refractivity contribution in [1.82, 2.24) is 4.57 Å². The summed E-state index contributed by atoms with van der Waals surface area (Å²) < 4.78 is 8.50. The Hall–Kier alpha value is -5.86. The molecule has 44 heavy (non-hydrogen) atoms. The summed E-state index contributed by atoms with van der Waals surface area (Å²) in [4.78, 5) is 0. The van der Waals surface area contributed by atoms with Gasteiger partial charge in [-0.1, -0.05) is 109 Å². The number of hydrogen-bond donors (Lipinski definition) is 0. The molecule has 7 aromatic carbocycles. The first-order valence-electron chi connectivity index (χ1n) is 15.0. The molecule has 0 amide bonds. The van der Waals surface area contributed by atoms with Crippen molar-refractivity contribution in [2.45, 2.75) is 0 Å². The van der Waals surface area contributed by atoms with E-state index in [0.29, 0.717) is 0 Å². The Labute approximate surface area is 255 Å². The number of nitrogens with zero attached hydrogens (tertiary/aromatic N) is 1. The predicted molar refractivity (Wildman–Crippen MR) is 184 cm³/mol. The molecule has 0 bridgehead atoms. The van der Waals surface area contributed by atoms with Crippen LogP contribution < -0.4 is 0 Å². The molecule has 9 rings (SSSR count). The highest BCUT2D eigenvalue weighted by atomic mass is 16.3. The van der Waals surface area contributed by atoms with Crippen LogP contribution in [-0.4, -0.2) is 4.57 Å². The monoisotopic (exact) mass is 561 g/mol. The summed E-state index contributed by atoms with van der Waals surface area (Å²) in [6.07, 6.45) is 0. The quantitative estimate of drug-likeness (QED) is 0.209. The first-order chi connectivity index (χ1) is 21.8. The van der Waals surface area contributed by atoms with Gasteiger partial charge in [-0.2, -0.15) is 0 Å². The van der Waals surface area contributed by atoms with Gasteiger partial charge in [0.05, 0.1) is 11.0 Å². The maximum atomic E-state index is 6.13. The van der Waals surface area contributed by atoms with Crippen molar-refractivity contribution in [1.29, 1.82) is 0 Å². The second-order valence-electron chi connectivity index (χ2n) is 11.4. The topological polar surface area (TPSA) is 18.1 Å². The van der Waals surface area contributed by atoms with E-state index < -0.39 is 0 Å². The van der Waals surface area contributed by atoms with Gasteiger partial charge in [0, 0.05) is 27.2 Å². The van der Waals surface area contributed by atoms with Crippen LogP contribution in [-0.2, 0) is 0 Å². The van der Waals surface area contributed by atoms with E-state index in [-0.39, 0.29) is 0 Å². The Kier molecular flexibility index (Phi) is 5.54. The number of hydrogen-bond acceptors (Lipinski definition) is 1. The third-order valence-electron chi connectivity index (χ3n) is 8.79. The number of fused-ring (bicyclic) bond motifs is 6. The minimum absolute atomic E-state index is 0.909. The molecule has 2 heteroatoms. The van der Waals surface area contributed by atoms with E-state index in [1.807, 2.05) is 12.1 Å². The molecule has 0 atom stereocenters. The normalized spacial score (nSPS) is 11.6. The van der Waals surface area contributed by atoms with Crippen LogP contribution in [0.4, 0.5) is 0 Å². The zero-order valence-corrected chi connectivity index (χ0v) is 23.9. The molecule has 0 saturated carbocycles. The summed E-state index contributed by atoms with van der Waals surface area (Å²) in [6, 6.07) is 58.6. The van der Waals surface area contributed by atoms with Gasteiger partial charge in [0.1, 0.15) is 11.2 Å². The summed E-state index contributed by atoms with van der Waals surface area (Å²) in [7, 11) is 0. The molecule has 0 aliphatic carbocycles. The van der Waals surface area contributed by atoms with Gasteiger partial charge in [-0.3, -0.25) is 0 Å². The van der Waals surface area contributed by atoms with Gasteiger partial charge < -0.3 is 8.98 Å². The van der Waals surface area contributed by atoms with Crippen LogP contribution in [0.1, 0.15) is 0 Å². The fraction of sp³-hybridized carbons (Fsp3) is 0. The van der Waals surface area contributed by atoms with E-state index in [0.717, 1.165) is 27.6 Å². The summed E-state index contributed by atoms with van der Waals surface area (Å²) >= 11 is 0.